The molecule has 0 aliphatic carbocycles. The number of ether oxygens (including phenoxy) is 1. The van der Waals surface area contributed by atoms with Crippen LogP contribution >= 0.6 is 11.6 Å². The van der Waals surface area contributed by atoms with Gasteiger partial charge in [-0.25, -0.2) is 13.5 Å². The molecule has 1 atom stereocenters. The summed E-state index contributed by atoms with van der Waals surface area (Å²) < 4.78 is 99.6. The Kier molecular flexibility index (Phi) is 6.61. The molecule has 3 N–H and O–H groups in total. The number of hydrogen-bond acceptors (Lipinski definition) is 5. The predicted molar refractivity (Wildman–Crippen MR) is 129 cm³/mol. The van der Waals surface area contributed by atoms with E-state index in [9.17, 15) is 45.4 Å². The Balaban J connectivity index is 1.77. The smallest absolute Gasteiger partial charge is 0.416 e. The van der Waals surface area contributed by atoms with Crippen LogP contribution in [0.1, 0.15) is 37.4 Å². The fourth-order valence-corrected chi connectivity index (χ4v) is 4.83. The van der Waals surface area contributed by atoms with Gasteiger partial charge in [0.15, 0.2) is 5.72 Å². The van der Waals surface area contributed by atoms with Crippen molar-refractivity contribution in [1.82, 2.24) is 15.1 Å². The Labute approximate surface area is 229 Å². The van der Waals surface area contributed by atoms with E-state index in [2.05, 4.69) is 20.5 Å². The van der Waals surface area contributed by atoms with Gasteiger partial charge in [-0.15, -0.1) is 0 Å². The zero-order valence-electron chi connectivity index (χ0n) is 20.2. The summed E-state index contributed by atoms with van der Waals surface area (Å²) in [6.07, 6.45) is -5.01. The van der Waals surface area contributed by atoms with Gasteiger partial charge in [0.25, 0.3) is 11.8 Å². The van der Waals surface area contributed by atoms with Crippen LogP contribution in [0.25, 0.3) is 10.9 Å². The molecular formula is C25H14ClF7N4O4. The highest BCUT2D eigenvalue weighted by Gasteiger charge is 2.48. The molecule has 1 aromatic heterocycles. The number of halogens is 8. The third-order valence-electron chi connectivity index (χ3n) is 6.21. The average molecular weight is 603 g/mol. The van der Waals surface area contributed by atoms with Crippen molar-refractivity contribution in [3.8, 4) is 5.88 Å². The molecule has 0 bridgehead atoms. The number of rotatable bonds is 5. The van der Waals surface area contributed by atoms with E-state index in [1.165, 1.54) is 7.05 Å². The van der Waals surface area contributed by atoms with Crippen molar-refractivity contribution in [3.63, 3.8) is 0 Å². The van der Waals surface area contributed by atoms with Gasteiger partial charge in [0.1, 0.15) is 17.2 Å². The summed E-state index contributed by atoms with van der Waals surface area (Å²) in [5.41, 5.74) is -7.16. The number of benzene rings is 3. The molecule has 0 saturated carbocycles. The van der Waals surface area contributed by atoms with Crippen molar-refractivity contribution in [2.45, 2.75) is 18.5 Å². The minimum atomic E-state index is -5.01. The molecule has 0 saturated heterocycles. The second kappa shape index (κ2) is 9.62. The molecule has 41 heavy (non-hydrogen) atoms. The maximum Gasteiger partial charge on any atom is 0.416 e. The van der Waals surface area contributed by atoms with E-state index in [4.69, 9.17) is 11.6 Å². The number of amides is 2. The number of aliphatic hydroxyl groups is 1. The Morgan fingerprint density at radius 2 is 1.85 bits per heavy atom. The van der Waals surface area contributed by atoms with Crippen molar-refractivity contribution in [2.24, 2.45) is 7.05 Å². The monoisotopic (exact) mass is 602 g/mol. The van der Waals surface area contributed by atoms with Gasteiger partial charge >= 0.3 is 12.8 Å². The fourth-order valence-electron chi connectivity index (χ4n) is 4.57. The van der Waals surface area contributed by atoms with Crippen LogP contribution in [0.4, 0.5) is 36.4 Å². The van der Waals surface area contributed by atoms with Crippen LogP contribution in [0.5, 0.6) is 5.88 Å². The van der Waals surface area contributed by atoms with Crippen LogP contribution < -0.4 is 15.4 Å². The number of alkyl halides is 5. The molecule has 1 unspecified atom stereocenters. The standard InChI is InChI=1S/C25H14ClF7N4O4/c1-37-22(41-23(29)30)13-8-16(34-20(38)9-4-10(25(31,32)33)6-12(28)5-9)18-17(19(13)36-37)21(39)35-24(18,40)14-7-11(27)2-3-15(14)26/h2-8,23,40H,1H3,(H,34,38)(H,35,39). The lowest BCUT2D eigenvalue weighted by molar-refractivity contribution is -0.137. The van der Waals surface area contributed by atoms with E-state index >= 15 is 0 Å². The van der Waals surface area contributed by atoms with Gasteiger partial charge in [-0.1, -0.05) is 11.6 Å². The molecule has 5 rings (SSSR count). The number of nitrogens with zero attached hydrogens (tertiary/aromatic N) is 2. The predicted octanol–water partition coefficient (Wildman–Crippen LogP) is 5.31. The number of nitrogens with one attached hydrogen (secondary N) is 2. The lowest BCUT2D eigenvalue weighted by atomic mass is 9.91. The van der Waals surface area contributed by atoms with Gasteiger partial charge < -0.3 is 20.5 Å². The number of carbonyl (C=O) groups excluding carboxylic acids is 2. The van der Waals surface area contributed by atoms with E-state index in [0.717, 1.165) is 28.9 Å². The summed E-state index contributed by atoms with van der Waals surface area (Å²) in [5, 5.41) is 19.6. The third-order valence-corrected chi connectivity index (χ3v) is 6.54. The highest BCUT2D eigenvalue weighted by atomic mass is 35.5. The highest BCUT2D eigenvalue weighted by molar-refractivity contribution is 6.31. The van der Waals surface area contributed by atoms with E-state index in [-0.39, 0.29) is 22.0 Å². The number of anilines is 1. The van der Waals surface area contributed by atoms with E-state index in [0.29, 0.717) is 12.1 Å². The number of fused-ring (bicyclic) bond motifs is 3. The van der Waals surface area contributed by atoms with Crippen molar-refractivity contribution < 1.29 is 50.2 Å². The Hall–Kier alpha value is -4.37. The summed E-state index contributed by atoms with van der Waals surface area (Å²) in [5.74, 6) is -5.27. The second-order valence-electron chi connectivity index (χ2n) is 8.85. The third kappa shape index (κ3) is 4.80. The van der Waals surface area contributed by atoms with E-state index < -0.39 is 81.3 Å². The molecule has 0 spiro atoms. The quantitative estimate of drug-likeness (QED) is 0.269. The van der Waals surface area contributed by atoms with Gasteiger partial charge in [-0.3, -0.25) is 9.59 Å². The summed E-state index contributed by atoms with van der Waals surface area (Å²) in [7, 11) is 1.19. The summed E-state index contributed by atoms with van der Waals surface area (Å²) in [6.45, 7) is -3.36. The van der Waals surface area contributed by atoms with Crippen LogP contribution in [0.15, 0.2) is 42.5 Å². The van der Waals surface area contributed by atoms with Crippen LogP contribution in [0, 0.1) is 11.6 Å². The van der Waals surface area contributed by atoms with Crippen molar-refractivity contribution in [2.75, 3.05) is 5.32 Å². The lowest BCUT2D eigenvalue weighted by Gasteiger charge is -2.27. The SMILES string of the molecule is Cn1nc2c3c(c(NC(=O)c4cc(F)cc(C(F)(F)F)c4)cc2c1OC(F)F)C(O)(c1cc(F)ccc1Cl)NC3=O. The Morgan fingerprint density at radius 1 is 1.15 bits per heavy atom. The van der Waals surface area contributed by atoms with Gasteiger partial charge in [0, 0.05) is 28.8 Å². The van der Waals surface area contributed by atoms with E-state index in [1.807, 2.05) is 0 Å². The fraction of sp³-hybridized carbons (Fsp3) is 0.160. The maximum atomic E-state index is 14.2. The summed E-state index contributed by atoms with van der Waals surface area (Å²) in [4.78, 5) is 26.3. The molecule has 8 nitrogen and oxygen atoms in total. The molecule has 3 aromatic carbocycles. The Bertz CT molecular complexity index is 1760. The minimum absolute atomic E-state index is 0.164. The van der Waals surface area contributed by atoms with Gasteiger partial charge in [-0.05, 0) is 42.5 Å². The first-order valence-electron chi connectivity index (χ1n) is 11.3. The van der Waals surface area contributed by atoms with Crippen molar-refractivity contribution in [1.29, 1.82) is 0 Å². The highest BCUT2D eigenvalue weighted by Crippen LogP contribution is 2.46. The van der Waals surface area contributed by atoms with E-state index in [1.54, 1.807) is 0 Å². The summed E-state index contributed by atoms with van der Waals surface area (Å²) in [6, 6.07) is 4.76. The number of carbonyl (C=O) groups is 2. The maximum absolute atomic E-state index is 14.2. The normalized spacial score (nSPS) is 16.7. The molecule has 4 aromatic rings. The van der Waals surface area contributed by atoms with Gasteiger partial charge in [0.2, 0.25) is 5.88 Å². The number of hydrogen-bond donors (Lipinski definition) is 3. The zero-order chi connectivity index (χ0) is 30.0. The molecule has 0 fully saturated rings. The Morgan fingerprint density at radius 3 is 2.51 bits per heavy atom. The second-order valence-corrected chi connectivity index (χ2v) is 9.25. The molecule has 2 amide bonds. The van der Waals surface area contributed by atoms with Gasteiger partial charge in [-0.2, -0.15) is 27.1 Å². The number of aryl methyl sites for hydroxylation is 1. The minimum Gasteiger partial charge on any atom is -0.417 e. The molecule has 2 heterocycles. The topological polar surface area (TPSA) is 105 Å². The van der Waals surface area contributed by atoms with Crippen molar-refractivity contribution in [3.05, 3.63) is 86.9 Å². The van der Waals surface area contributed by atoms with Gasteiger partial charge in [0.05, 0.1) is 22.2 Å². The average Bonchev–Trinajstić information content (AvgIpc) is 3.32. The van der Waals surface area contributed by atoms with Crippen LogP contribution in [0.3, 0.4) is 0 Å². The van der Waals surface area contributed by atoms with Crippen LogP contribution in [-0.4, -0.2) is 33.3 Å². The molecule has 1 aliphatic heterocycles. The molecular weight excluding hydrogens is 589 g/mol. The first-order valence-corrected chi connectivity index (χ1v) is 11.7. The van der Waals surface area contributed by atoms with Crippen molar-refractivity contribution >= 4 is 40.0 Å². The molecule has 0 radical (unpaired) electrons. The first-order chi connectivity index (χ1) is 19.1. The molecule has 1 aliphatic rings. The molecule has 214 valence electrons. The van der Waals surface area contributed by atoms with Crippen LogP contribution in [-0.2, 0) is 18.9 Å². The van der Waals surface area contributed by atoms with Crippen LogP contribution in [0.2, 0.25) is 5.02 Å². The summed E-state index contributed by atoms with van der Waals surface area (Å²) >= 11 is 6.18. The largest absolute Gasteiger partial charge is 0.417 e. The lowest BCUT2D eigenvalue weighted by Crippen LogP contribution is -2.41. The zero-order valence-corrected chi connectivity index (χ0v) is 21.0. The first kappa shape index (κ1) is 28.2. The number of aromatic nitrogens is 2. The molecule has 16 heteroatoms.